The Labute approximate surface area is 110 Å². The number of nitrogens with one attached hydrogen (secondary N) is 2. The minimum absolute atomic E-state index is 0.0395. The van der Waals surface area contributed by atoms with E-state index in [2.05, 4.69) is 10.6 Å². The van der Waals surface area contributed by atoms with Crippen LogP contribution in [0.3, 0.4) is 0 Å². The van der Waals surface area contributed by atoms with Crippen LogP contribution >= 0.6 is 0 Å². The van der Waals surface area contributed by atoms with Gasteiger partial charge in [0.05, 0.1) is 6.04 Å². The van der Waals surface area contributed by atoms with Crippen molar-refractivity contribution < 1.29 is 19.4 Å². The van der Waals surface area contributed by atoms with Gasteiger partial charge in [-0.3, -0.25) is 4.79 Å². The molecular formula is C13H16N2O4. The summed E-state index contributed by atoms with van der Waals surface area (Å²) in [6.45, 7) is 0.119. The molecule has 6 nitrogen and oxygen atoms in total. The minimum atomic E-state index is -0.633. The Balaban J connectivity index is 1.76. The van der Waals surface area contributed by atoms with Crippen LogP contribution in [0.15, 0.2) is 30.3 Å². The second-order valence-electron chi connectivity index (χ2n) is 4.31. The summed E-state index contributed by atoms with van der Waals surface area (Å²) in [5, 5.41) is 13.9. The van der Waals surface area contributed by atoms with Crippen molar-refractivity contribution in [3.63, 3.8) is 0 Å². The van der Waals surface area contributed by atoms with Crippen LogP contribution in [0.4, 0.5) is 4.79 Å². The van der Waals surface area contributed by atoms with Crippen LogP contribution in [-0.2, 0) is 16.1 Å². The molecule has 1 aliphatic heterocycles. The summed E-state index contributed by atoms with van der Waals surface area (Å²) in [7, 11) is 0. The molecule has 0 bridgehead atoms. The zero-order chi connectivity index (χ0) is 13.7. The van der Waals surface area contributed by atoms with Crippen molar-refractivity contribution in [2.24, 2.45) is 0 Å². The number of β-lactam (4-membered cyclic amide) rings is 1. The summed E-state index contributed by atoms with van der Waals surface area (Å²) in [6, 6.07) is 8.44. The molecule has 3 N–H and O–H groups in total. The lowest BCUT2D eigenvalue weighted by molar-refractivity contribution is -0.131. The number of alkyl carbamates (subject to hydrolysis) is 1. The first-order valence-electron chi connectivity index (χ1n) is 6.09. The SMILES string of the molecule is O=C(N[C@H]1C(=O)N[C@@H]1CCO)OCc1ccccc1. The minimum Gasteiger partial charge on any atom is -0.445 e. The van der Waals surface area contributed by atoms with Crippen LogP contribution in [0.2, 0.25) is 0 Å². The monoisotopic (exact) mass is 264 g/mol. The lowest BCUT2D eigenvalue weighted by Gasteiger charge is -2.36. The molecule has 1 aromatic rings. The number of aliphatic hydroxyl groups is 1. The van der Waals surface area contributed by atoms with Crippen LogP contribution in [0.25, 0.3) is 0 Å². The van der Waals surface area contributed by atoms with Gasteiger partial charge in [0, 0.05) is 6.61 Å². The van der Waals surface area contributed by atoms with Gasteiger partial charge in [-0.1, -0.05) is 30.3 Å². The molecule has 2 atom stereocenters. The lowest BCUT2D eigenvalue weighted by atomic mass is 9.96. The maximum atomic E-state index is 11.5. The summed E-state index contributed by atoms with van der Waals surface area (Å²) < 4.78 is 5.02. The van der Waals surface area contributed by atoms with Crippen LogP contribution < -0.4 is 10.6 Å². The molecule has 2 amide bonds. The first-order valence-corrected chi connectivity index (χ1v) is 6.09. The van der Waals surface area contributed by atoms with Gasteiger partial charge in [-0.25, -0.2) is 4.79 Å². The average molecular weight is 264 g/mol. The van der Waals surface area contributed by atoms with Gasteiger partial charge in [0.15, 0.2) is 0 Å². The van der Waals surface area contributed by atoms with E-state index in [0.29, 0.717) is 6.42 Å². The Morgan fingerprint density at radius 1 is 1.37 bits per heavy atom. The standard InChI is InChI=1S/C13H16N2O4/c16-7-6-10-11(12(17)14-10)15-13(18)19-8-9-4-2-1-3-5-9/h1-5,10-11,16H,6-8H2,(H,14,17)(H,15,18)/t10-,11-/m1/s1. The molecular weight excluding hydrogens is 248 g/mol. The molecule has 2 rings (SSSR count). The molecule has 0 unspecified atom stereocenters. The zero-order valence-electron chi connectivity index (χ0n) is 10.3. The number of carbonyl (C=O) groups excluding carboxylic acids is 2. The van der Waals surface area contributed by atoms with E-state index in [9.17, 15) is 9.59 Å². The van der Waals surface area contributed by atoms with Crippen molar-refractivity contribution in [2.45, 2.75) is 25.1 Å². The number of amides is 2. The van der Waals surface area contributed by atoms with Crippen LogP contribution in [-0.4, -0.2) is 35.8 Å². The highest BCUT2D eigenvalue weighted by Gasteiger charge is 2.40. The molecule has 1 aliphatic rings. The molecule has 0 aliphatic carbocycles. The zero-order valence-corrected chi connectivity index (χ0v) is 10.3. The first-order chi connectivity index (χ1) is 9.20. The third kappa shape index (κ3) is 3.45. The molecule has 102 valence electrons. The number of benzene rings is 1. The van der Waals surface area contributed by atoms with Gasteiger partial charge in [0.25, 0.3) is 0 Å². The van der Waals surface area contributed by atoms with Gasteiger partial charge >= 0.3 is 6.09 Å². The van der Waals surface area contributed by atoms with Gasteiger partial charge < -0.3 is 20.5 Å². The number of aliphatic hydroxyl groups excluding tert-OH is 1. The maximum Gasteiger partial charge on any atom is 0.408 e. The van der Waals surface area contributed by atoms with E-state index >= 15 is 0 Å². The van der Waals surface area contributed by atoms with E-state index in [1.165, 1.54) is 0 Å². The third-order valence-corrected chi connectivity index (χ3v) is 2.94. The fourth-order valence-electron chi connectivity index (χ4n) is 1.88. The Bertz CT molecular complexity index is 449. The number of ether oxygens (including phenoxy) is 1. The highest BCUT2D eigenvalue weighted by atomic mass is 16.5. The fraction of sp³-hybridized carbons (Fsp3) is 0.385. The summed E-state index contributed by atoms with van der Waals surface area (Å²) in [4.78, 5) is 22.8. The molecule has 0 radical (unpaired) electrons. The number of hydrogen-bond donors (Lipinski definition) is 3. The Hall–Kier alpha value is -2.08. The Morgan fingerprint density at radius 3 is 2.74 bits per heavy atom. The highest BCUT2D eigenvalue weighted by Crippen LogP contribution is 2.10. The molecule has 6 heteroatoms. The average Bonchev–Trinajstić information content (AvgIpc) is 2.43. The van der Waals surface area contributed by atoms with Crippen molar-refractivity contribution in [3.8, 4) is 0 Å². The number of carbonyl (C=O) groups is 2. The molecule has 19 heavy (non-hydrogen) atoms. The van der Waals surface area contributed by atoms with Gasteiger partial charge in [0.1, 0.15) is 12.6 Å². The molecule has 1 heterocycles. The number of hydrogen-bond acceptors (Lipinski definition) is 4. The van der Waals surface area contributed by atoms with Crippen LogP contribution in [0, 0.1) is 0 Å². The van der Waals surface area contributed by atoms with E-state index in [-0.39, 0.29) is 25.2 Å². The van der Waals surface area contributed by atoms with E-state index in [1.54, 1.807) is 0 Å². The van der Waals surface area contributed by atoms with Gasteiger partial charge in [0.2, 0.25) is 5.91 Å². The third-order valence-electron chi connectivity index (χ3n) is 2.94. The van der Waals surface area contributed by atoms with E-state index in [4.69, 9.17) is 9.84 Å². The van der Waals surface area contributed by atoms with Crippen molar-refractivity contribution in [3.05, 3.63) is 35.9 Å². The van der Waals surface area contributed by atoms with Gasteiger partial charge in [-0.2, -0.15) is 0 Å². The van der Waals surface area contributed by atoms with Gasteiger partial charge in [-0.15, -0.1) is 0 Å². The topological polar surface area (TPSA) is 87.7 Å². The Kier molecular flexibility index (Phi) is 4.35. The van der Waals surface area contributed by atoms with Crippen molar-refractivity contribution in [2.75, 3.05) is 6.61 Å². The van der Waals surface area contributed by atoms with E-state index < -0.39 is 12.1 Å². The summed E-state index contributed by atoms with van der Waals surface area (Å²) in [6.07, 6.45) is -0.221. The second kappa shape index (κ2) is 6.19. The smallest absolute Gasteiger partial charge is 0.408 e. The summed E-state index contributed by atoms with van der Waals surface area (Å²) in [5.74, 6) is -0.255. The van der Waals surface area contributed by atoms with Crippen LogP contribution in [0.5, 0.6) is 0 Å². The van der Waals surface area contributed by atoms with Crippen molar-refractivity contribution >= 4 is 12.0 Å². The molecule has 0 aromatic heterocycles. The second-order valence-corrected chi connectivity index (χ2v) is 4.31. The van der Waals surface area contributed by atoms with E-state index in [0.717, 1.165) is 5.56 Å². The summed E-state index contributed by atoms with van der Waals surface area (Å²) >= 11 is 0. The normalized spacial score (nSPS) is 21.2. The fourth-order valence-corrected chi connectivity index (χ4v) is 1.88. The van der Waals surface area contributed by atoms with Crippen molar-refractivity contribution in [1.82, 2.24) is 10.6 Å². The van der Waals surface area contributed by atoms with Crippen LogP contribution in [0.1, 0.15) is 12.0 Å². The largest absolute Gasteiger partial charge is 0.445 e. The molecule has 1 aromatic carbocycles. The van der Waals surface area contributed by atoms with E-state index in [1.807, 2.05) is 30.3 Å². The Morgan fingerprint density at radius 2 is 2.11 bits per heavy atom. The predicted octanol–water partition coefficient (Wildman–Crippen LogP) is 0.162. The lowest BCUT2D eigenvalue weighted by Crippen LogP contribution is -2.69. The quantitative estimate of drug-likeness (QED) is 0.661. The molecule has 1 fully saturated rings. The predicted molar refractivity (Wildman–Crippen MR) is 67.2 cm³/mol. The molecule has 0 saturated carbocycles. The maximum absolute atomic E-state index is 11.5. The first kappa shape index (κ1) is 13.4. The highest BCUT2D eigenvalue weighted by molar-refractivity contribution is 5.92. The van der Waals surface area contributed by atoms with Crippen molar-refractivity contribution in [1.29, 1.82) is 0 Å². The van der Waals surface area contributed by atoms with Gasteiger partial charge in [-0.05, 0) is 12.0 Å². The molecule has 0 spiro atoms. The molecule has 1 saturated heterocycles. The number of rotatable bonds is 5. The summed E-state index contributed by atoms with van der Waals surface area (Å²) in [5.41, 5.74) is 0.877.